The SMILES string of the molecule is N#C/C(=C\c1cc(Cl)c2c(c1)OCCCO2)S(=O)(=O)c1ccc(Cl)cc1. The topological polar surface area (TPSA) is 76.4 Å². The van der Waals surface area contributed by atoms with Gasteiger partial charge in [-0.1, -0.05) is 23.2 Å². The highest BCUT2D eigenvalue weighted by atomic mass is 35.5. The van der Waals surface area contributed by atoms with Crippen molar-refractivity contribution < 1.29 is 17.9 Å². The fourth-order valence-electron chi connectivity index (χ4n) is 2.40. The molecule has 0 aromatic heterocycles. The largest absolute Gasteiger partial charge is 0.489 e. The van der Waals surface area contributed by atoms with Gasteiger partial charge in [0.05, 0.1) is 23.1 Å². The van der Waals surface area contributed by atoms with Gasteiger partial charge in [-0.3, -0.25) is 0 Å². The van der Waals surface area contributed by atoms with Crippen molar-refractivity contribution in [3.8, 4) is 17.6 Å². The second-order valence-corrected chi connectivity index (χ2v) is 8.22. The highest BCUT2D eigenvalue weighted by Gasteiger charge is 2.22. The van der Waals surface area contributed by atoms with Gasteiger partial charge in [0.25, 0.3) is 0 Å². The van der Waals surface area contributed by atoms with Crippen LogP contribution in [0.25, 0.3) is 6.08 Å². The van der Waals surface area contributed by atoms with E-state index in [1.54, 1.807) is 12.1 Å². The second-order valence-electron chi connectivity index (χ2n) is 5.46. The summed E-state index contributed by atoms with van der Waals surface area (Å²) in [5, 5.41) is 10.1. The Hall–Kier alpha value is -2.20. The first-order chi connectivity index (χ1) is 12.4. The lowest BCUT2D eigenvalue weighted by Gasteiger charge is -2.10. The highest BCUT2D eigenvalue weighted by Crippen LogP contribution is 2.38. The Morgan fingerprint density at radius 3 is 2.50 bits per heavy atom. The third-order valence-corrected chi connectivity index (χ3v) is 5.86. The van der Waals surface area contributed by atoms with Crippen LogP contribution in [0.5, 0.6) is 11.5 Å². The Labute approximate surface area is 161 Å². The fraction of sp³-hybridized carbons (Fsp3) is 0.167. The molecule has 3 rings (SSSR count). The third-order valence-electron chi connectivity index (χ3n) is 3.65. The first-order valence-corrected chi connectivity index (χ1v) is 9.87. The Balaban J connectivity index is 2.04. The van der Waals surface area contributed by atoms with E-state index in [1.165, 1.54) is 36.4 Å². The number of hydrogen-bond acceptors (Lipinski definition) is 5. The minimum atomic E-state index is -3.98. The summed E-state index contributed by atoms with van der Waals surface area (Å²) in [5.74, 6) is 0.836. The van der Waals surface area contributed by atoms with Crippen molar-refractivity contribution in [3.63, 3.8) is 0 Å². The fourth-order valence-corrected chi connectivity index (χ4v) is 3.96. The van der Waals surface area contributed by atoms with E-state index in [4.69, 9.17) is 32.7 Å². The van der Waals surface area contributed by atoms with Crippen LogP contribution in [0.2, 0.25) is 10.0 Å². The molecule has 0 unspecified atom stereocenters. The zero-order valence-corrected chi connectivity index (χ0v) is 15.7. The quantitative estimate of drug-likeness (QED) is 0.697. The Kier molecular flexibility index (Phi) is 5.42. The summed E-state index contributed by atoms with van der Waals surface area (Å²) in [6.07, 6.45) is 1.97. The van der Waals surface area contributed by atoms with Crippen LogP contribution in [0, 0.1) is 11.3 Å². The normalized spacial score (nSPS) is 14.4. The van der Waals surface area contributed by atoms with Crippen molar-refractivity contribution in [1.29, 1.82) is 5.26 Å². The summed E-state index contributed by atoms with van der Waals surface area (Å²) in [6, 6.07) is 10.5. The number of fused-ring (bicyclic) bond motifs is 1. The summed E-state index contributed by atoms with van der Waals surface area (Å²) < 4.78 is 36.5. The van der Waals surface area contributed by atoms with Gasteiger partial charge in [-0.2, -0.15) is 5.26 Å². The van der Waals surface area contributed by atoms with E-state index < -0.39 is 14.7 Å². The van der Waals surface area contributed by atoms with E-state index in [9.17, 15) is 13.7 Å². The van der Waals surface area contributed by atoms with Gasteiger partial charge >= 0.3 is 0 Å². The van der Waals surface area contributed by atoms with Crippen LogP contribution in [0.1, 0.15) is 12.0 Å². The summed E-state index contributed by atoms with van der Waals surface area (Å²) in [5.41, 5.74) is 0.424. The van der Waals surface area contributed by atoms with Crippen LogP contribution < -0.4 is 9.47 Å². The molecule has 2 aromatic carbocycles. The predicted octanol–water partition coefficient (Wildman–Crippen LogP) is 4.49. The van der Waals surface area contributed by atoms with Gasteiger partial charge in [0.1, 0.15) is 11.0 Å². The van der Waals surface area contributed by atoms with Crippen molar-refractivity contribution in [3.05, 3.63) is 56.9 Å². The van der Waals surface area contributed by atoms with Crippen LogP contribution in [0.4, 0.5) is 0 Å². The smallest absolute Gasteiger partial charge is 0.216 e. The first kappa shape index (κ1) is 18.6. The third kappa shape index (κ3) is 3.80. The average Bonchev–Trinajstić information content (AvgIpc) is 2.85. The molecule has 0 aliphatic carbocycles. The van der Waals surface area contributed by atoms with E-state index >= 15 is 0 Å². The van der Waals surface area contributed by atoms with Gasteiger partial charge in [0, 0.05) is 11.4 Å². The molecule has 0 saturated heterocycles. The molecule has 0 amide bonds. The maximum Gasteiger partial charge on any atom is 0.216 e. The Morgan fingerprint density at radius 1 is 1.12 bits per heavy atom. The molecule has 0 atom stereocenters. The lowest BCUT2D eigenvalue weighted by molar-refractivity contribution is 0.297. The van der Waals surface area contributed by atoms with Gasteiger partial charge in [-0.25, -0.2) is 8.42 Å². The number of rotatable bonds is 3. The summed E-state index contributed by atoms with van der Waals surface area (Å²) in [7, 11) is -3.98. The molecule has 26 heavy (non-hydrogen) atoms. The van der Waals surface area contributed by atoms with Gasteiger partial charge in [-0.15, -0.1) is 0 Å². The van der Waals surface area contributed by atoms with Crippen LogP contribution >= 0.6 is 23.2 Å². The highest BCUT2D eigenvalue weighted by molar-refractivity contribution is 7.95. The van der Waals surface area contributed by atoms with E-state index in [0.29, 0.717) is 41.7 Å². The Bertz CT molecular complexity index is 1010. The molecular formula is C18H13Cl2NO4S. The summed E-state index contributed by atoms with van der Waals surface area (Å²) in [6.45, 7) is 0.945. The van der Waals surface area contributed by atoms with Gasteiger partial charge in [0.2, 0.25) is 9.84 Å². The number of benzene rings is 2. The Morgan fingerprint density at radius 2 is 1.81 bits per heavy atom. The number of ether oxygens (including phenoxy) is 2. The van der Waals surface area contributed by atoms with Gasteiger partial charge < -0.3 is 9.47 Å². The number of allylic oxidation sites excluding steroid dienone is 1. The molecule has 0 bridgehead atoms. The summed E-state index contributed by atoms with van der Waals surface area (Å²) in [4.78, 5) is -0.430. The molecule has 0 saturated carbocycles. The minimum Gasteiger partial charge on any atom is -0.489 e. The standard InChI is InChI=1S/C18H13Cl2NO4S/c19-13-2-4-14(5-3-13)26(22,23)15(11-21)8-12-9-16(20)18-17(10-12)24-6-1-7-25-18/h2-5,8-10H,1,6-7H2/b15-8+. The second kappa shape index (κ2) is 7.58. The van der Waals surface area contributed by atoms with Gasteiger partial charge in [0.15, 0.2) is 11.5 Å². The lowest BCUT2D eigenvalue weighted by Crippen LogP contribution is -2.03. The number of nitrogens with zero attached hydrogens (tertiary/aromatic N) is 1. The van der Waals surface area contributed by atoms with Gasteiger partial charge in [-0.05, 0) is 48.0 Å². The zero-order valence-electron chi connectivity index (χ0n) is 13.4. The minimum absolute atomic E-state index is 0.0184. The van der Waals surface area contributed by atoms with Crippen LogP contribution in [-0.4, -0.2) is 21.6 Å². The van der Waals surface area contributed by atoms with Crippen LogP contribution in [-0.2, 0) is 9.84 Å². The monoisotopic (exact) mass is 409 g/mol. The number of halogens is 2. The van der Waals surface area contributed by atoms with E-state index in [-0.39, 0.29) is 9.92 Å². The molecule has 2 aromatic rings. The molecule has 8 heteroatoms. The van der Waals surface area contributed by atoms with Crippen LogP contribution in [0.15, 0.2) is 46.2 Å². The molecule has 0 N–H and O–H groups in total. The van der Waals surface area contributed by atoms with Crippen molar-refractivity contribution in [2.45, 2.75) is 11.3 Å². The van der Waals surface area contributed by atoms with Crippen molar-refractivity contribution in [2.75, 3.05) is 13.2 Å². The zero-order chi connectivity index (χ0) is 18.7. The summed E-state index contributed by atoms with van der Waals surface area (Å²) >= 11 is 12.0. The molecule has 0 radical (unpaired) electrons. The van der Waals surface area contributed by atoms with Crippen molar-refractivity contribution >= 4 is 39.1 Å². The molecule has 134 valence electrons. The van der Waals surface area contributed by atoms with E-state index in [2.05, 4.69) is 0 Å². The molecule has 0 spiro atoms. The molecular weight excluding hydrogens is 397 g/mol. The van der Waals surface area contributed by atoms with Crippen molar-refractivity contribution in [2.24, 2.45) is 0 Å². The maximum absolute atomic E-state index is 12.7. The van der Waals surface area contributed by atoms with Crippen LogP contribution in [0.3, 0.4) is 0 Å². The van der Waals surface area contributed by atoms with Crippen molar-refractivity contribution in [1.82, 2.24) is 0 Å². The van der Waals surface area contributed by atoms with E-state index in [0.717, 1.165) is 0 Å². The van der Waals surface area contributed by atoms with E-state index in [1.807, 2.05) is 0 Å². The molecule has 1 heterocycles. The average molecular weight is 410 g/mol. The predicted molar refractivity (Wildman–Crippen MR) is 99.3 cm³/mol. The molecule has 1 aliphatic rings. The first-order valence-electron chi connectivity index (χ1n) is 7.63. The molecule has 0 fully saturated rings. The molecule has 5 nitrogen and oxygen atoms in total. The number of sulfone groups is 1. The molecule has 1 aliphatic heterocycles. The number of nitriles is 1. The lowest BCUT2D eigenvalue weighted by atomic mass is 10.2. The number of hydrogen-bond donors (Lipinski definition) is 0. The maximum atomic E-state index is 12.7.